The first kappa shape index (κ1) is 15.7. The van der Waals surface area contributed by atoms with Gasteiger partial charge in [0.05, 0.1) is 6.21 Å². The molecule has 1 heterocycles. The molecule has 5 heteroatoms. The van der Waals surface area contributed by atoms with Crippen molar-refractivity contribution in [2.45, 2.75) is 13.3 Å². The molecule has 5 nitrogen and oxygen atoms in total. The third-order valence-electron chi connectivity index (χ3n) is 3.73. The second-order valence-electron chi connectivity index (χ2n) is 5.60. The molecule has 0 atom stereocenters. The summed E-state index contributed by atoms with van der Waals surface area (Å²) in [5.41, 5.74) is 4.79. The van der Waals surface area contributed by atoms with E-state index >= 15 is 0 Å². The van der Waals surface area contributed by atoms with Gasteiger partial charge in [0, 0.05) is 39.1 Å². The van der Waals surface area contributed by atoms with E-state index in [2.05, 4.69) is 27.4 Å². The van der Waals surface area contributed by atoms with Gasteiger partial charge in [-0.2, -0.15) is 5.10 Å². The standard InChI is InChI=1S/C16H24N4O/c1-14-3-5-15(6-4-14)13-17-18-16(21)7-8-20-11-9-19(2)10-12-20/h3-6,13H,7-12H2,1-2H3,(H,18,21)/b17-13+. The second kappa shape index (κ2) is 7.90. The third kappa shape index (κ3) is 5.65. The average Bonchev–Trinajstić information content (AvgIpc) is 2.49. The first-order chi connectivity index (χ1) is 10.1. The van der Waals surface area contributed by atoms with E-state index in [1.807, 2.05) is 31.2 Å². The largest absolute Gasteiger partial charge is 0.304 e. The van der Waals surface area contributed by atoms with Crippen LogP contribution in [0, 0.1) is 6.92 Å². The van der Waals surface area contributed by atoms with Crippen LogP contribution in [0.2, 0.25) is 0 Å². The van der Waals surface area contributed by atoms with Crippen molar-refractivity contribution >= 4 is 12.1 Å². The maximum absolute atomic E-state index is 11.7. The molecular formula is C16H24N4O. The van der Waals surface area contributed by atoms with Gasteiger partial charge in [0.15, 0.2) is 0 Å². The molecule has 21 heavy (non-hydrogen) atoms. The van der Waals surface area contributed by atoms with Gasteiger partial charge in [-0.15, -0.1) is 0 Å². The Bertz CT molecular complexity index is 476. The molecule has 0 spiro atoms. The molecule has 1 saturated heterocycles. The van der Waals surface area contributed by atoms with E-state index in [1.54, 1.807) is 6.21 Å². The third-order valence-corrected chi connectivity index (χ3v) is 3.73. The summed E-state index contributed by atoms with van der Waals surface area (Å²) in [6.45, 7) is 7.08. The smallest absolute Gasteiger partial charge is 0.241 e. The van der Waals surface area contributed by atoms with Crippen LogP contribution in [0.3, 0.4) is 0 Å². The number of carbonyl (C=O) groups is 1. The molecule has 0 unspecified atom stereocenters. The minimum Gasteiger partial charge on any atom is -0.304 e. The SMILES string of the molecule is Cc1ccc(/C=N/NC(=O)CCN2CCN(C)CC2)cc1. The van der Waals surface area contributed by atoms with Crippen LogP contribution in [0.25, 0.3) is 0 Å². The van der Waals surface area contributed by atoms with Crippen molar-refractivity contribution in [3.05, 3.63) is 35.4 Å². The lowest BCUT2D eigenvalue weighted by atomic mass is 10.2. The maximum Gasteiger partial charge on any atom is 0.241 e. The fourth-order valence-electron chi connectivity index (χ4n) is 2.22. The number of nitrogens with zero attached hydrogens (tertiary/aromatic N) is 3. The molecule has 114 valence electrons. The number of amides is 1. The number of nitrogens with one attached hydrogen (secondary N) is 1. The van der Waals surface area contributed by atoms with Gasteiger partial charge in [-0.1, -0.05) is 29.8 Å². The topological polar surface area (TPSA) is 47.9 Å². The van der Waals surface area contributed by atoms with E-state index in [9.17, 15) is 4.79 Å². The van der Waals surface area contributed by atoms with E-state index in [0.717, 1.165) is 38.3 Å². The molecule has 0 radical (unpaired) electrons. The van der Waals surface area contributed by atoms with Crippen molar-refractivity contribution in [1.82, 2.24) is 15.2 Å². The summed E-state index contributed by atoms with van der Waals surface area (Å²) in [7, 11) is 2.13. The minimum atomic E-state index is -0.0303. The Morgan fingerprint density at radius 1 is 1.24 bits per heavy atom. The number of benzene rings is 1. The molecule has 1 aromatic carbocycles. The van der Waals surface area contributed by atoms with Gasteiger partial charge in [0.25, 0.3) is 0 Å². The van der Waals surface area contributed by atoms with Crippen LogP contribution in [-0.2, 0) is 4.79 Å². The predicted octanol–water partition coefficient (Wildman–Crippen LogP) is 1.08. The summed E-state index contributed by atoms with van der Waals surface area (Å²) < 4.78 is 0. The van der Waals surface area contributed by atoms with E-state index in [4.69, 9.17) is 0 Å². The lowest BCUT2D eigenvalue weighted by molar-refractivity contribution is -0.121. The Balaban J connectivity index is 1.66. The van der Waals surface area contributed by atoms with Crippen molar-refractivity contribution in [1.29, 1.82) is 0 Å². The zero-order chi connectivity index (χ0) is 15.1. The highest BCUT2D eigenvalue weighted by atomic mass is 16.2. The van der Waals surface area contributed by atoms with E-state index in [0.29, 0.717) is 6.42 Å². The highest BCUT2D eigenvalue weighted by Gasteiger charge is 2.14. The zero-order valence-electron chi connectivity index (χ0n) is 12.9. The number of aryl methyl sites for hydroxylation is 1. The summed E-state index contributed by atoms with van der Waals surface area (Å²) in [6, 6.07) is 8.01. The first-order valence-corrected chi connectivity index (χ1v) is 7.43. The molecule has 0 saturated carbocycles. The van der Waals surface area contributed by atoms with Gasteiger partial charge < -0.3 is 9.80 Å². The van der Waals surface area contributed by atoms with Crippen molar-refractivity contribution in [2.75, 3.05) is 39.8 Å². The lowest BCUT2D eigenvalue weighted by Crippen LogP contribution is -2.45. The summed E-state index contributed by atoms with van der Waals surface area (Å²) in [5.74, 6) is -0.0303. The van der Waals surface area contributed by atoms with Gasteiger partial charge >= 0.3 is 0 Å². The van der Waals surface area contributed by atoms with E-state index < -0.39 is 0 Å². The van der Waals surface area contributed by atoms with Crippen molar-refractivity contribution in [2.24, 2.45) is 5.10 Å². The van der Waals surface area contributed by atoms with Crippen LogP contribution in [0.1, 0.15) is 17.5 Å². The number of piperazine rings is 1. The Hall–Kier alpha value is -1.72. The van der Waals surface area contributed by atoms with Crippen molar-refractivity contribution < 1.29 is 4.79 Å². The average molecular weight is 288 g/mol. The Morgan fingerprint density at radius 2 is 1.90 bits per heavy atom. The van der Waals surface area contributed by atoms with Crippen LogP contribution in [-0.4, -0.2) is 61.7 Å². The van der Waals surface area contributed by atoms with E-state index in [-0.39, 0.29) is 5.91 Å². The molecule has 1 aromatic rings. The number of likely N-dealkylation sites (N-methyl/N-ethyl adjacent to an activating group) is 1. The molecule has 0 aliphatic carbocycles. The molecule has 1 aliphatic rings. The van der Waals surface area contributed by atoms with Gasteiger partial charge in [0.2, 0.25) is 5.91 Å². The van der Waals surface area contributed by atoms with Crippen LogP contribution >= 0.6 is 0 Å². The van der Waals surface area contributed by atoms with Crippen LogP contribution in [0.15, 0.2) is 29.4 Å². The van der Waals surface area contributed by atoms with Crippen molar-refractivity contribution in [3.63, 3.8) is 0 Å². The molecular weight excluding hydrogens is 264 g/mol. The highest BCUT2D eigenvalue weighted by molar-refractivity contribution is 5.82. The summed E-state index contributed by atoms with van der Waals surface area (Å²) in [5, 5.41) is 4.00. The lowest BCUT2D eigenvalue weighted by Gasteiger charge is -2.32. The summed E-state index contributed by atoms with van der Waals surface area (Å²) in [6.07, 6.45) is 2.17. The van der Waals surface area contributed by atoms with Gasteiger partial charge in [-0.25, -0.2) is 5.43 Å². The van der Waals surface area contributed by atoms with E-state index in [1.165, 1.54) is 5.56 Å². The number of rotatable bonds is 5. The molecule has 0 aromatic heterocycles. The molecule has 1 aliphatic heterocycles. The number of hydrogen-bond donors (Lipinski definition) is 1. The fourth-order valence-corrected chi connectivity index (χ4v) is 2.22. The number of hydrazone groups is 1. The Kier molecular flexibility index (Phi) is 5.90. The summed E-state index contributed by atoms with van der Waals surface area (Å²) in [4.78, 5) is 16.4. The quantitative estimate of drug-likeness (QED) is 0.651. The summed E-state index contributed by atoms with van der Waals surface area (Å²) >= 11 is 0. The van der Waals surface area contributed by atoms with Crippen molar-refractivity contribution in [3.8, 4) is 0 Å². The Morgan fingerprint density at radius 3 is 2.57 bits per heavy atom. The molecule has 1 fully saturated rings. The zero-order valence-corrected chi connectivity index (χ0v) is 12.9. The van der Waals surface area contributed by atoms with Gasteiger partial charge in [-0.05, 0) is 19.5 Å². The van der Waals surface area contributed by atoms with Gasteiger partial charge in [-0.3, -0.25) is 4.79 Å². The fraction of sp³-hybridized carbons (Fsp3) is 0.500. The maximum atomic E-state index is 11.7. The first-order valence-electron chi connectivity index (χ1n) is 7.43. The normalized spacial score (nSPS) is 17.2. The molecule has 1 N–H and O–H groups in total. The minimum absolute atomic E-state index is 0.0303. The number of hydrogen-bond acceptors (Lipinski definition) is 4. The molecule has 0 bridgehead atoms. The van der Waals surface area contributed by atoms with Gasteiger partial charge in [0.1, 0.15) is 0 Å². The second-order valence-corrected chi connectivity index (χ2v) is 5.60. The monoisotopic (exact) mass is 288 g/mol. The van der Waals surface area contributed by atoms with Crippen LogP contribution < -0.4 is 5.43 Å². The number of carbonyl (C=O) groups excluding carboxylic acids is 1. The van der Waals surface area contributed by atoms with Crippen LogP contribution in [0.5, 0.6) is 0 Å². The van der Waals surface area contributed by atoms with Crippen LogP contribution in [0.4, 0.5) is 0 Å². The highest BCUT2D eigenvalue weighted by Crippen LogP contribution is 2.01. The Labute approximate surface area is 126 Å². The predicted molar refractivity (Wildman–Crippen MR) is 85.5 cm³/mol. The molecule has 1 amide bonds. The molecule has 2 rings (SSSR count).